The lowest BCUT2D eigenvalue weighted by atomic mass is 10.1. The van der Waals surface area contributed by atoms with Crippen LogP contribution in [0.5, 0.6) is 0 Å². The molecule has 68 valence electrons. The molecule has 1 aromatic carbocycles. The standard InChI is InChI=1S/C11H11BrO/c1-9(13)7-11(8-12)10-5-3-2-4-6-10/h2-7H,8H2,1H3/b11-7-. The van der Waals surface area contributed by atoms with Crippen LogP contribution >= 0.6 is 15.9 Å². The van der Waals surface area contributed by atoms with Gasteiger partial charge in [-0.1, -0.05) is 46.3 Å². The molecule has 13 heavy (non-hydrogen) atoms. The SMILES string of the molecule is CC(=O)/C=C(/CBr)c1ccccc1. The number of hydrogen-bond acceptors (Lipinski definition) is 1. The molecule has 0 saturated carbocycles. The molecule has 0 fully saturated rings. The topological polar surface area (TPSA) is 17.1 Å². The first-order valence-electron chi connectivity index (χ1n) is 4.06. The number of halogens is 1. The van der Waals surface area contributed by atoms with E-state index in [-0.39, 0.29) is 5.78 Å². The fraction of sp³-hybridized carbons (Fsp3) is 0.182. The number of carbonyl (C=O) groups is 1. The van der Waals surface area contributed by atoms with Gasteiger partial charge in [0, 0.05) is 5.33 Å². The Bertz CT molecular complexity index is 314. The Kier molecular flexibility index (Phi) is 3.90. The van der Waals surface area contributed by atoms with Crippen LogP contribution in [0, 0.1) is 0 Å². The lowest BCUT2D eigenvalue weighted by Gasteiger charge is -2.01. The summed E-state index contributed by atoms with van der Waals surface area (Å²) in [4.78, 5) is 10.9. The number of rotatable bonds is 3. The number of hydrogen-bond donors (Lipinski definition) is 0. The van der Waals surface area contributed by atoms with E-state index in [0.29, 0.717) is 5.33 Å². The fourth-order valence-corrected chi connectivity index (χ4v) is 1.58. The summed E-state index contributed by atoms with van der Waals surface area (Å²) < 4.78 is 0. The van der Waals surface area contributed by atoms with Gasteiger partial charge in [-0.15, -0.1) is 0 Å². The second-order valence-corrected chi connectivity index (χ2v) is 3.34. The van der Waals surface area contributed by atoms with Crippen molar-refractivity contribution in [1.29, 1.82) is 0 Å². The minimum Gasteiger partial charge on any atom is -0.295 e. The maximum Gasteiger partial charge on any atom is 0.152 e. The average molecular weight is 239 g/mol. The van der Waals surface area contributed by atoms with Gasteiger partial charge in [0.2, 0.25) is 0 Å². The zero-order valence-corrected chi connectivity index (χ0v) is 9.04. The third-order valence-corrected chi connectivity index (χ3v) is 2.27. The highest BCUT2D eigenvalue weighted by molar-refractivity contribution is 9.09. The smallest absolute Gasteiger partial charge is 0.152 e. The first-order valence-corrected chi connectivity index (χ1v) is 5.18. The Labute approximate surface area is 86.6 Å². The van der Waals surface area contributed by atoms with Gasteiger partial charge in [-0.3, -0.25) is 4.79 Å². The molecule has 0 bridgehead atoms. The normalized spacial score (nSPS) is 11.4. The lowest BCUT2D eigenvalue weighted by molar-refractivity contribution is -0.112. The van der Waals surface area contributed by atoms with Crippen molar-refractivity contribution in [3.63, 3.8) is 0 Å². The van der Waals surface area contributed by atoms with Gasteiger partial charge < -0.3 is 0 Å². The second kappa shape index (κ2) is 4.97. The molecule has 0 atom stereocenters. The number of benzene rings is 1. The first kappa shape index (κ1) is 10.2. The minimum atomic E-state index is 0.0818. The molecule has 1 aromatic rings. The Morgan fingerprint density at radius 3 is 2.46 bits per heavy atom. The van der Waals surface area contributed by atoms with E-state index < -0.39 is 0 Å². The van der Waals surface area contributed by atoms with E-state index in [1.807, 2.05) is 30.3 Å². The number of alkyl halides is 1. The van der Waals surface area contributed by atoms with Crippen LogP contribution in [0.1, 0.15) is 12.5 Å². The Morgan fingerprint density at radius 2 is 2.00 bits per heavy atom. The second-order valence-electron chi connectivity index (χ2n) is 2.78. The van der Waals surface area contributed by atoms with Crippen LogP contribution in [0.3, 0.4) is 0 Å². The van der Waals surface area contributed by atoms with Crippen molar-refractivity contribution in [3.05, 3.63) is 42.0 Å². The molecule has 2 heteroatoms. The quantitative estimate of drug-likeness (QED) is 0.585. The average Bonchev–Trinajstić information content (AvgIpc) is 2.15. The molecule has 1 nitrogen and oxygen atoms in total. The maximum absolute atomic E-state index is 10.9. The van der Waals surface area contributed by atoms with Crippen LogP contribution < -0.4 is 0 Å². The zero-order chi connectivity index (χ0) is 9.68. The highest BCUT2D eigenvalue weighted by Gasteiger charge is 1.99. The molecule has 0 aliphatic rings. The van der Waals surface area contributed by atoms with Gasteiger partial charge in [-0.25, -0.2) is 0 Å². The van der Waals surface area contributed by atoms with E-state index in [1.165, 1.54) is 0 Å². The number of allylic oxidation sites excluding steroid dienone is 2. The van der Waals surface area contributed by atoms with Gasteiger partial charge in [0.25, 0.3) is 0 Å². The largest absolute Gasteiger partial charge is 0.295 e. The molecule has 0 radical (unpaired) electrons. The maximum atomic E-state index is 10.9. The van der Waals surface area contributed by atoms with E-state index in [9.17, 15) is 4.79 Å². The Hall–Kier alpha value is -0.890. The van der Waals surface area contributed by atoms with Gasteiger partial charge in [-0.2, -0.15) is 0 Å². The van der Waals surface area contributed by atoms with Crippen molar-refractivity contribution in [2.75, 3.05) is 5.33 Å². The van der Waals surface area contributed by atoms with Crippen LogP contribution in [0.25, 0.3) is 5.57 Å². The van der Waals surface area contributed by atoms with Crippen LogP contribution in [0.4, 0.5) is 0 Å². The number of carbonyl (C=O) groups excluding carboxylic acids is 1. The van der Waals surface area contributed by atoms with E-state index in [2.05, 4.69) is 15.9 Å². The monoisotopic (exact) mass is 238 g/mol. The summed E-state index contributed by atoms with van der Waals surface area (Å²) in [6, 6.07) is 9.88. The molecule has 0 heterocycles. The van der Waals surface area contributed by atoms with Crippen molar-refractivity contribution >= 4 is 27.3 Å². The van der Waals surface area contributed by atoms with E-state index >= 15 is 0 Å². The third-order valence-electron chi connectivity index (χ3n) is 1.67. The summed E-state index contributed by atoms with van der Waals surface area (Å²) >= 11 is 3.36. The summed E-state index contributed by atoms with van der Waals surface area (Å²) in [5, 5.41) is 0.705. The number of ketones is 1. The van der Waals surface area contributed by atoms with Crippen LogP contribution in [-0.2, 0) is 4.79 Å². The highest BCUT2D eigenvalue weighted by Crippen LogP contribution is 2.15. The van der Waals surface area contributed by atoms with Gasteiger partial charge in [0.15, 0.2) is 5.78 Å². The molecule has 1 rings (SSSR count). The summed E-state index contributed by atoms with van der Waals surface area (Å²) in [5.74, 6) is 0.0818. The van der Waals surface area contributed by atoms with Crippen molar-refractivity contribution in [2.45, 2.75) is 6.92 Å². The van der Waals surface area contributed by atoms with Crippen molar-refractivity contribution < 1.29 is 4.79 Å². The first-order chi connectivity index (χ1) is 6.24. The molecule has 0 aliphatic heterocycles. The fourth-order valence-electron chi connectivity index (χ4n) is 1.10. The van der Waals surface area contributed by atoms with Crippen LogP contribution in [-0.4, -0.2) is 11.1 Å². The van der Waals surface area contributed by atoms with Crippen LogP contribution in [0.15, 0.2) is 36.4 Å². The van der Waals surface area contributed by atoms with E-state index in [1.54, 1.807) is 13.0 Å². The van der Waals surface area contributed by atoms with Crippen molar-refractivity contribution in [1.82, 2.24) is 0 Å². The summed E-state index contributed by atoms with van der Waals surface area (Å²) in [6.07, 6.45) is 1.66. The van der Waals surface area contributed by atoms with Gasteiger partial charge in [0.1, 0.15) is 0 Å². The van der Waals surface area contributed by atoms with E-state index in [4.69, 9.17) is 0 Å². The van der Waals surface area contributed by atoms with Gasteiger partial charge >= 0.3 is 0 Å². The van der Waals surface area contributed by atoms with Crippen molar-refractivity contribution in [2.24, 2.45) is 0 Å². The zero-order valence-electron chi connectivity index (χ0n) is 7.46. The summed E-state index contributed by atoms with van der Waals surface area (Å²) in [7, 11) is 0. The minimum absolute atomic E-state index is 0.0818. The van der Waals surface area contributed by atoms with Crippen molar-refractivity contribution in [3.8, 4) is 0 Å². The predicted molar refractivity (Wildman–Crippen MR) is 58.9 cm³/mol. The summed E-state index contributed by atoms with van der Waals surface area (Å²) in [5.41, 5.74) is 2.11. The lowest BCUT2D eigenvalue weighted by Crippen LogP contribution is -1.90. The molecule has 0 saturated heterocycles. The van der Waals surface area contributed by atoms with Crippen LogP contribution in [0.2, 0.25) is 0 Å². The highest BCUT2D eigenvalue weighted by atomic mass is 79.9. The summed E-state index contributed by atoms with van der Waals surface area (Å²) in [6.45, 7) is 1.56. The van der Waals surface area contributed by atoms with Gasteiger partial charge in [0.05, 0.1) is 0 Å². The van der Waals surface area contributed by atoms with E-state index in [0.717, 1.165) is 11.1 Å². The molecule has 0 amide bonds. The Balaban J connectivity index is 2.98. The third kappa shape index (κ3) is 3.15. The van der Waals surface area contributed by atoms with Gasteiger partial charge in [-0.05, 0) is 24.1 Å². The predicted octanol–water partition coefficient (Wildman–Crippen LogP) is 3.05. The molecular formula is C11H11BrO. The molecule has 0 spiro atoms. The molecule has 0 aliphatic carbocycles. The molecule has 0 unspecified atom stereocenters. The molecule has 0 N–H and O–H groups in total. The molecule has 0 aromatic heterocycles. The molecular weight excluding hydrogens is 228 g/mol. The Morgan fingerprint density at radius 1 is 1.38 bits per heavy atom.